The molecule has 1 saturated heterocycles. The van der Waals surface area contributed by atoms with Crippen molar-refractivity contribution in [2.24, 2.45) is 0 Å². The van der Waals surface area contributed by atoms with E-state index in [0.29, 0.717) is 29.7 Å². The number of ether oxygens (including phenoxy) is 1. The molecule has 0 N–H and O–H groups in total. The van der Waals surface area contributed by atoms with Crippen molar-refractivity contribution in [3.63, 3.8) is 0 Å². The van der Waals surface area contributed by atoms with Crippen molar-refractivity contribution >= 4 is 5.97 Å². The fourth-order valence-electron chi connectivity index (χ4n) is 3.36. The van der Waals surface area contributed by atoms with Crippen molar-refractivity contribution in [3.8, 4) is 11.6 Å². The number of rotatable bonds is 5. The van der Waals surface area contributed by atoms with E-state index in [1.54, 1.807) is 24.5 Å². The number of carbonyl (C=O) groups is 1. The van der Waals surface area contributed by atoms with Gasteiger partial charge in [0.05, 0.1) is 19.9 Å². The van der Waals surface area contributed by atoms with Gasteiger partial charge in [0.1, 0.15) is 5.69 Å². The molecule has 8 heteroatoms. The first-order valence-corrected chi connectivity index (χ1v) is 8.58. The van der Waals surface area contributed by atoms with Crippen molar-refractivity contribution in [3.05, 3.63) is 48.3 Å². The Labute approximate surface area is 150 Å². The molecule has 0 spiro atoms. The van der Waals surface area contributed by atoms with Crippen LogP contribution in [-0.4, -0.2) is 45.8 Å². The lowest BCUT2D eigenvalue weighted by Crippen LogP contribution is -2.34. The minimum absolute atomic E-state index is 0.289. The third kappa shape index (κ3) is 3.28. The summed E-state index contributed by atoms with van der Waals surface area (Å²) in [6, 6.07) is 7.56. The minimum Gasteiger partial charge on any atom is -0.464 e. The predicted octanol–water partition coefficient (Wildman–Crippen LogP) is 2.75. The van der Waals surface area contributed by atoms with Crippen LogP contribution in [0.4, 0.5) is 0 Å². The van der Waals surface area contributed by atoms with Crippen molar-refractivity contribution < 1.29 is 18.5 Å². The zero-order valence-corrected chi connectivity index (χ0v) is 14.5. The van der Waals surface area contributed by atoms with Crippen LogP contribution in [-0.2, 0) is 11.3 Å². The van der Waals surface area contributed by atoms with Crippen LogP contribution < -0.4 is 0 Å². The summed E-state index contributed by atoms with van der Waals surface area (Å²) in [6.07, 6.45) is 5.41. The smallest absolute Gasteiger partial charge is 0.354 e. The summed E-state index contributed by atoms with van der Waals surface area (Å²) in [6.45, 7) is 2.39. The maximum atomic E-state index is 11.9. The number of methoxy groups -OCH3 is 1. The van der Waals surface area contributed by atoms with Gasteiger partial charge in [-0.2, -0.15) is 4.98 Å². The normalized spacial score (nSPS) is 16.0. The van der Waals surface area contributed by atoms with E-state index < -0.39 is 0 Å². The lowest BCUT2D eigenvalue weighted by Gasteiger charge is -2.32. The van der Waals surface area contributed by atoms with Gasteiger partial charge in [0.15, 0.2) is 5.76 Å². The van der Waals surface area contributed by atoms with Crippen LogP contribution in [0.5, 0.6) is 0 Å². The molecular formula is C18H20N4O4. The van der Waals surface area contributed by atoms with E-state index in [4.69, 9.17) is 13.7 Å². The van der Waals surface area contributed by atoms with Crippen LogP contribution in [0.2, 0.25) is 0 Å². The average Bonchev–Trinajstić information content (AvgIpc) is 3.42. The molecule has 0 radical (unpaired) electrons. The number of hydrogen-bond donors (Lipinski definition) is 0. The van der Waals surface area contributed by atoms with Gasteiger partial charge in [-0.15, -0.1) is 0 Å². The highest BCUT2D eigenvalue weighted by atomic mass is 16.5. The zero-order valence-electron chi connectivity index (χ0n) is 14.5. The molecule has 0 unspecified atom stereocenters. The van der Waals surface area contributed by atoms with Gasteiger partial charge in [0, 0.05) is 25.3 Å². The monoisotopic (exact) mass is 356 g/mol. The molecule has 1 aliphatic heterocycles. The highest BCUT2D eigenvalue weighted by Crippen LogP contribution is 2.26. The van der Waals surface area contributed by atoms with Crippen molar-refractivity contribution in [1.82, 2.24) is 19.6 Å². The van der Waals surface area contributed by atoms with E-state index in [0.717, 1.165) is 25.9 Å². The Morgan fingerprint density at radius 1 is 1.31 bits per heavy atom. The first-order valence-electron chi connectivity index (χ1n) is 8.58. The molecule has 136 valence electrons. The first kappa shape index (κ1) is 16.6. The summed E-state index contributed by atoms with van der Waals surface area (Å²) in [5.41, 5.74) is 0.603. The van der Waals surface area contributed by atoms with Gasteiger partial charge in [-0.3, -0.25) is 4.90 Å². The van der Waals surface area contributed by atoms with Gasteiger partial charge in [0.25, 0.3) is 0 Å². The van der Waals surface area contributed by atoms with E-state index in [-0.39, 0.29) is 12.0 Å². The maximum Gasteiger partial charge on any atom is 0.354 e. The second-order valence-electron chi connectivity index (χ2n) is 6.29. The number of carbonyl (C=O) groups excluding carboxylic acids is 1. The molecule has 3 aromatic rings. The molecule has 0 bridgehead atoms. The number of hydrogen-bond acceptors (Lipinski definition) is 7. The summed E-state index contributed by atoms with van der Waals surface area (Å²) in [5.74, 6) is 1.34. The van der Waals surface area contributed by atoms with E-state index in [9.17, 15) is 4.79 Å². The molecule has 1 fully saturated rings. The number of furan rings is 1. The second-order valence-corrected chi connectivity index (χ2v) is 6.29. The summed E-state index contributed by atoms with van der Waals surface area (Å²) in [4.78, 5) is 18.5. The molecule has 0 amide bonds. The molecular weight excluding hydrogens is 336 g/mol. The Bertz CT molecular complexity index is 860. The summed E-state index contributed by atoms with van der Waals surface area (Å²) < 4.78 is 17.5. The van der Waals surface area contributed by atoms with E-state index in [1.165, 1.54) is 7.11 Å². The number of aromatic nitrogens is 3. The molecule has 0 atom stereocenters. The largest absolute Gasteiger partial charge is 0.464 e. The summed E-state index contributed by atoms with van der Waals surface area (Å²) in [5, 5.41) is 3.96. The van der Waals surface area contributed by atoms with Crippen molar-refractivity contribution in [2.45, 2.75) is 25.4 Å². The highest BCUT2D eigenvalue weighted by molar-refractivity contribution is 5.87. The number of likely N-dealkylation sites (tertiary alicyclic amines) is 1. The predicted molar refractivity (Wildman–Crippen MR) is 91.3 cm³/mol. The fraction of sp³-hybridized carbons (Fsp3) is 0.389. The third-order valence-electron chi connectivity index (χ3n) is 4.69. The molecule has 4 heterocycles. The van der Waals surface area contributed by atoms with Crippen LogP contribution in [0.15, 0.2) is 45.7 Å². The number of piperidine rings is 1. The van der Waals surface area contributed by atoms with E-state index >= 15 is 0 Å². The van der Waals surface area contributed by atoms with Gasteiger partial charge in [-0.05, 0) is 37.1 Å². The Hall–Kier alpha value is -2.87. The lowest BCUT2D eigenvalue weighted by molar-refractivity contribution is 0.0581. The number of esters is 1. The van der Waals surface area contributed by atoms with Gasteiger partial charge in [0.2, 0.25) is 11.7 Å². The highest BCUT2D eigenvalue weighted by Gasteiger charge is 2.25. The van der Waals surface area contributed by atoms with Gasteiger partial charge in [-0.1, -0.05) is 5.16 Å². The van der Waals surface area contributed by atoms with Crippen LogP contribution in [0.3, 0.4) is 0 Å². The van der Waals surface area contributed by atoms with Crippen LogP contribution in [0.1, 0.15) is 35.3 Å². The maximum absolute atomic E-state index is 11.9. The third-order valence-corrected chi connectivity index (χ3v) is 4.69. The Kier molecular flexibility index (Phi) is 4.57. The Morgan fingerprint density at radius 3 is 2.88 bits per heavy atom. The zero-order chi connectivity index (χ0) is 17.9. The van der Waals surface area contributed by atoms with Gasteiger partial charge in [-0.25, -0.2) is 4.79 Å². The van der Waals surface area contributed by atoms with Crippen molar-refractivity contribution in [1.29, 1.82) is 0 Å². The standard InChI is InChI=1S/C18H20N4O4/c1-24-18(23)14-4-2-8-22(14)13-6-9-21(10-7-13)12-16-19-17(20-26-16)15-5-3-11-25-15/h2-5,8,11,13H,6-7,9-10,12H2,1H3. The lowest BCUT2D eigenvalue weighted by atomic mass is 10.0. The van der Waals surface area contributed by atoms with Gasteiger partial charge < -0.3 is 18.2 Å². The molecule has 0 saturated carbocycles. The first-order chi connectivity index (χ1) is 12.7. The molecule has 0 aromatic carbocycles. The average molecular weight is 356 g/mol. The Balaban J connectivity index is 1.36. The summed E-state index contributed by atoms with van der Waals surface area (Å²) >= 11 is 0. The van der Waals surface area contributed by atoms with E-state index in [2.05, 4.69) is 15.0 Å². The second kappa shape index (κ2) is 7.17. The SMILES string of the molecule is COC(=O)c1cccn1C1CCN(Cc2nc(-c3ccco3)no2)CC1. The molecule has 3 aromatic heterocycles. The van der Waals surface area contributed by atoms with Crippen LogP contribution in [0, 0.1) is 0 Å². The van der Waals surface area contributed by atoms with Gasteiger partial charge >= 0.3 is 5.97 Å². The molecule has 0 aliphatic carbocycles. The van der Waals surface area contributed by atoms with Crippen LogP contribution in [0.25, 0.3) is 11.6 Å². The molecule has 4 rings (SSSR count). The number of nitrogens with zero attached hydrogens (tertiary/aromatic N) is 4. The molecule has 26 heavy (non-hydrogen) atoms. The molecule has 1 aliphatic rings. The minimum atomic E-state index is -0.297. The quantitative estimate of drug-likeness (QED) is 0.650. The van der Waals surface area contributed by atoms with E-state index in [1.807, 2.05) is 16.8 Å². The fourth-order valence-corrected chi connectivity index (χ4v) is 3.36. The Morgan fingerprint density at radius 2 is 2.15 bits per heavy atom. The van der Waals surface area contributed by atoms with Crippen molar-refractivity contribution in [2.75, 3.05) is 20.2 Å². The summed E-state index contributed by atoms with van der Waals surface area (Å²) in [7, 11) is 1.41. The molecule has 8 nitrogen and oxygen atoms in total. The van der Waals surface area contributed by atoms with Crippen LogP contribution >= 0.6 is 0 Å². The topological polar surface area (TPSA) is 86.5 Å².